The topological polar surface area (TPSA) is 75.0 Å². The number of carbonyl (C=O) groups excluding carboxylic acids is 1. The molecule has 3 aromatic rings. The van der Waals surface area contributed by atoms with Crippen molar-refractivity contribution in [2.24, 2.45) is 0 Å². The van der Waals surface area contributed by atoms with E-state index in [1.807, 2.05) is 18.2 Å². The van der Waals surface area contributed by atoms with Gasteiger partial charge in [0.1, 0.15) is 23.9 Å². The number of hydrogen-bond donors (Lipinski definition) is 0. The Morgan fingerprint density at radius 3 is 2.57 bits per heavy atom. The second-order valence-corrected chi connectivity index (χ2v) is 7.32. The predicted octanol–water partition coefficient (Wildman–Crippen LogP) is 4.25. The third-order valence-electron chi connectivity index (χ3n) is 4.97. The molecular formula is C23H19ClO6. The summed E-state index contributed by atoms with van der Waals surface area (Å²) in [5.74, 6) is 0.173. The maximum Gasteiger partial charge on any atom is 0.348 e. The number of rotatable bonds is 5. The first-order chi connectivity index (χ1) is 14.5. The lowest BCUT2D eigenvalue weighted by Crippen LogP contribution is -2.31. The number of fused-ring (bicyclic) bond motifs is 1. The molecule has 0 fully saturated rings. The van der Waals surface area contributed by atoms with Gasteiger partial charge in [0.05, 0.1) is 18.6 Å². The van der Waals surface area contributed by atoms with Crippen molar-refractivity contribution in [3.8, 4) is 11.5 Å². The zero-order chi connectivity index (χ0) is 21.3. The predicted molar refractivity (Wildman–Crippen MR) is 110 cm³/mol. The number of hydrogen-bond acceptors (Lipinski definition) is 6. The van der Waals surface area contributed by atoms with Crippen LogP contribution < -0.4 is 15.1 Å². The molecule has 4 rings (SSSR count). The molecule has 2 aromatic carbocycles. The van der Waals surface area contributed by atoms with Crippen molar-refractivity contribution < 1.29 is 23.4 Å². The maximum atomic E-state index is 12.5. The second-order valence-electron chi connectivity index (χ2n) is 6.91. The molecule has 1 aliphatic rings. The highest BCUT2D eigenvalue weighted by molar-refractivity contribution is 6.31. The normalized spacial score (nSPS) is 17.2. The molecule has 0 saturated heterocycles. The van der Waals surface area contributed by atoms with Gasteiger partial charge in [0.2, 0.25) is 6.10 Å². The van der Waals surface area contributed by atoms with Crippen LogP contribution in [0.2, 0.25) is 5.02 Å². The Morgan fingerprint density at radius 1 is 1.13 bits per heavy atom. The van der Waals surface area contributed by atoms with Crippen LogP contribution in [-0.4, -0.2) is 19.2 Å². The largest absolute Gasteiger partial charge is 0.489 e. The van der Waals surface area contributed by atoms with Crippen LogP contribution in [0.3, 0.4) is 0 Å². The van der Waals surface area contributed by atoms with Crippen LogP contribution in [-0.2, 0) is 16.1 Å². The van der Waals surface area contributed by atoms with Crippen LogP contribution in [0, 0.1) is 6.92 Å². The van der Waals surface area contributed by atoms with Crippen LogP contribution in [0.4, 0.5) is 0 Å². The molecule has 0 spiro atoms. The highest BCUT2D eigenvalue weighted by Gasteiger charge is 2.44. The Kier molecular flexibility index (Phi) is 5.50. The van der Waals surface area contributed by atoms with Crippen LogP contribution in [0.1, 0.15) is 28.4 Å². The van der Waals surface area contributed by atoms with Gasteiger partial charge in [-0.25, -0.2) is 9.59 Å². The summed E-state index contributed by atoms with van der Waals surface area (Å²) in [5.41, 5.74) is 1.37. The summed E-state index contributed by atoms with van der Waals surface area (Å²) in [7, 11) is 1.28. The van der Waals surface area contributed by atoms with Crippen molar-refractivity contribution in [2.75, 3.05) is 7.11 Å². The number of esters is 1. The molecule has 0 aliphatic carbocycles. The maximum absolute atomic E-state index is 12.5. The molecule has 0 bridgehead atoms. The van der Waals surface area contributed by atoms with E-state index < -0.39 is 23.6 Å². The van der Waals surface area contributed by atoms with Gasteiger partial charge in [-0.15, -0.1) is 0 Å². The van der Waals surface area contributed by atoms with E-state index in [1.54, 1.807) is 43.3 Å². The summed E-state index contributed by atoms with van der Waals surface area (Å²) in [5, 5.41) is 0.636. The molecule has 7 heteroatoms. The van der Waals surface area contributed by atoms with E-state index in [0.29, 0.717) is 40.0 Å². The minimum atomic E-state index is -0.968. The average molecular weight is 427 g/mol. The molecule has 1 aliphatic heterocycles. The molecular weight excluding hydrogens is 408 g/mol. The summed E-state index contributed by atoms with van der Waals surface area (Å²) in [4.78, 5) is 24.8. The van der Waals surface area contributed by atoms with Gasteiger partial charge in [0.15, 0.2) is 0 Å². The number of benzene rings is 2. The fourth-order valence-corrected chi connectivity index (χ4v) is 3.71. The molecule has 154 valence electrons. The van der Waals surface area contributed by atoms with Gasteiger partial charge >= 0.3 is 11.6 Å². The van der Waals surface area contributed by atoms with Crippen LogP contribution in [0.5, 0.6) is 11.5 Å². The second kappa shape index (κ2) is 8.24. The van der Waals surface area contributed by atoms with Gasteiger partial charge in [-0.2, -0.15) is 0 Å². The molecule has 6 nitrogen and oxygen atoms in total. The highest BCUT2D eigenvalue weighted by Crippen LogP contribution is 2.41. The van der Waals surface area contributed by atoms with E-state index in [0.717, 1.165) is 5.56 Å². The first-order valence-electron chi connectivity index (χ1n) is 9.33. The number of aryl methyl sites for hydroxylation is 1. The van der Waals surface area contributed by atoms with Crippen molar-refractivity contribution in [1.29, 1.82) is 0 Å². The molecule has 0 unspecified atom stereocenters. The van der Waals surface area contributed by atoms with Gasteiger partial charge in [0.25, 0.3) is 0 Å². The summed E-state index contributed by atoms with van der Waals surface area (Å²) < 4.78 is 21.7. The smallest absolute Gasteiger partial charge is 0.348 e. The van der Waals surface area contributed by atoms with Gasteiger partial charge in [-0.05, 0) is 30.7 Å². The van der Waals surface area contributed by atoms with E-state index >= 15 is 0 Å². The third-order valence-corrected chi connectivity index (χ3v) is 5.33. The Labute approximate surface area is 178 Å². The van der Waals surface area contributed by atoms with Crippen LogP contribution in [0.25, 0.3) is 0 Å². The third kappa shape index (κ3) is 3.78. The van der Waals surface area contributed by atoms with E-state index in [2.05, 4.69) is 0 Å². The van der Waals surface area contributed by atoms with Gasteiger partial charge in [-0.1, -0.05) is 41.9 Å². The van der Waals surface area contributed by atoms with E-state index in [9.17, 15) is 9.59 Å². The van der Waals surface area contributed by atoms with Gasteiger partial charge in [0, 0.05) is 16.7 Å². The average Bonchev–Trinajstić information content (AvgIpc) is 3.12. The minimum absolute atomic E-state index is 0.306. The lowest BCUT2D eigenvalue weighted by atomic mass is 9.89. The van der Waals surface area contributed by atoms with E-state index in [4.69, 9.17) is 30.2 Å². The monoisotopic (exact) mass is 426 g/mol. The number of carbonyl (C=O) groups is 1. The van der Waals surface area contributed by atoms with Crippen LogP contribution >= 0.6 is 11.6 Å². The Bertz CT molecular complexity index is 1140. The summed E-state index contributed by atoms with van der Waals surface area (Å²) in [6.07, 6.45) is -0.968. The number of halogens is 1. The molecule has 0 amide bonds. The van der Waals surface area contributed by atoms with Gasteiger partial charge in [-0.3, -0.25) is 0 Å². The summed E-state index contributed by atoms with van der Waals surface area (Å²) in [6, 6.07) is 16.2. The lowest BCUT2D eigenvalue weighted by molar-refractivity contribution is -0.148. The molecule has 2 heterocycles. The number of ether oxygens (including phenoxy) is 3. The minimum Gasteiger partial charge on any atom is -0.489 e. The Balaban J connectivity index is 1.61. The molecule has 0 N–H and O–H groups in total. The van der Waals surface area contributed by atoms with E-state index in [-0.39, 0.29) is 0 Å². The van der Waals surface area contributed by atoms with Gasteiger partial charge < -0.3 is 18.6 Å². The van der Waals surface area contributed by atoms with Crippen molar-refractivity contribution >= 4 is 17.6 Å². The molecule has 1 aromatic heterocycles. The molecule has 0 radical (unpaired) electrons. The standard InChI is InChI=1S/C23H19ClO6/c1-13-11-18-20(22(25)29-13)19(21(30-18)23(26)27-2)14-7-9-16(10-8-14)28-12-15-5-3-4-6-17(15)24/h3-11,19,21H,12H2,1-2H3/t19-,21+/m1/s1. The molecule has 2 atom stereocenters. The quantitative estimate of drug-likeness (QED) is 0.568. The SMILES string of the molecule is COC(=O)[C@H]1Oc2cc(C)oc(=O)c2[C@H]1c1ccc(OCc2ccccc2Cl)cc1. The van der Waals surface area contributed by atoms with Crippen molar-refractivity contribution in [3.63, 3.8) is 0 Å². The summed E-state index contributed by atoms with van der Waals surface area (Å²) in [6.45, 7) is 1.97. The molecule has 30 heavy (non-hydrogen) atoms. The lowest BCUT2D eigenvalue weighted by Gasteiger charge is -2.17. The first kappa shape index (κ1) is 20.0. The van der Waals surface area contributed by atoms with Crippen molar-refractivity contribution in [3.05, 3.63) is 92.5 Å². The van der Waals surface area contributed by atoms with Crippen molar-refractivity contribution in [1.82, 2.24) is 0 Å². The zero-order valence-electron chi connectivity index (χ0n) is 16.4. The fourth-order valence-electron chi connectivity index (χ4n) is 3.52. The highest BCUT2D eigenvalue weighted by atomic mass is 35.5. The van der Waals surface area contributed by atoms with E-state index in [1.165, 1.54) is 7.11 Å². The Morgan fingerprint density at radius 2 is 1.87 bits per heavy atom. The zero-order valence-corrected chi connectivity index (χ0v) is 17.1. The summed E-state index contributed by atoms with van der Waals surface area (Å²) >= 11 is 6.16. The first-order valence-corrected chi connectivity index (χ1v) is 9.71. The molecule has 0 saturated carbocycles. The van der Waals surface area contributed by atoms with Crippen molar-refractivity contribution in [2.45, 2.75) is 25.6 Å². The Hall–Kier alpha value is -3.25. The number of methoxy groups -OCH3 is 1. The van der Waals surface area contributed by atoms with Crippen LogP contribution in [0.15, 0.2) is 63.8 Å². The fraction of sp³-hybridized carbons (Fsp3) is 0.217.